The molecule has 0 radical (unpaired) electrons. The van der Waals surface area contributed by atoms with Crippen molar-refractivity contribution in [3.05, 3.63) is 59.7 Å². The Morgan fingerprint density at radius 3 is 2.04 bits per heavy atom. The van der Waals surface area contributed by atoms with Crippen LogP contribution in [0.3, 0.4) is 0 Å². The van der Waals surface area contributed by atoms with E-state index in [1.54, 1.807) is 0 Å². The van der Waals surface area contributed by atoms with Gasteiger partial charge in [0, 0.05) is 5.92 Å². The predicted molar refractivity (Wildman–Crippen MR) is 102 cm³/mol. The third-order valence-electron chi connectivity index (χ3n) is 4.83. The number of ether oxygens (including phenoxy) is 1. The molecule has 0 saturated heterocycles. The Labute approximate surface area is 154 Å². The van der Waals surface area contributed by atoms with E-state index in [2.05, 4.69) is 29.6 Å². The van der Waals surface area contributed by atoms with E-state index in [-0.39, 0.29) is 18.3 Å². The molecule has 1 unspecified atom stereocenters. The highest BCUT2D eigenvalue weighted by molar-refractivity contribution is 5.85. The van der Waals surface area contributed by atoms with Crippen molar-refractivity contribution in [1.82, 2.24) is 5.32 Å². The molecular formula is C22H25NO3. The van der Waals surface area contributed by atoms with Crippen LogP contribution in [0.1, 0.15) is 44.2 Å². The number of amides is 1. The summed E-state index contributed by atoms with van der Waals surface area (Å²) < 4.78 is 5.50. The first-order valence-corrected chi connectivity index (χ1v) is 9.09. The summed E-state index contributed by atoms with van der Waals surface area (Å²) in [6.07, 6.45) is 0.0761. The van der Waals surface area contributed by atoms with Gasteiger partial charge in [0.15, 0.2) is 5.78 Å². The maximum Gasteiger partial charge on any atom is 0.407 e. The molecule has 3 rings (SSSR count). The van der Waals surface area contributed by atoms with Crippen LogP contribution in [0.5, 0.6) is 0 Å². The second-order valence-electron chi connectivity index (χ2n) is 7.26. The van der Waals surface area contributed by atoms with Gasteiger partial charge in [-0.25, -0.2) is 4.79 Å². The zero-order valence-corrected chi connectivity index (χ0v) is 15.5. The van der Waals surface area contributed by atoms with E-state index in [1.807, 2.05) is 38.1 Å². The Kier molecular flexibility index (Phi) is 5.40. The number of ketones is 1. The van der Waals surface area contributed by atoms with Crippen molar-refractivity contribution >= 4 is 11.9 Å². The molecule has 1 N–H and O–H groups in total. The molecule has 1 atom stereocenters. The van der Waals surface area contributed by atoms with Crippen LogP contribution < -0.4 is 5.32 Å². The lowest BCUT2D eigenvalue weighted by Gasteiger charge is -2.19. The minimum Gasteiger partial charge on any atom is -0.449 e. The lowest BCUT2D eigenvalue weighted by molar-refractivity contribution is -0.119. The van der Waals surface area contributed by atoms with Crippen LogP contribution in [0.4, 0.5) is 4.79 Å². The van der Waals surface area contributed by atoms with Gasteiger partial charge in [-0.05, 0) is 41.5 Å². The normalized spacial score (nSPS) is 13.8. The summed E-state index contributed by atoms with van der Waals surface area (Å²) in [6.45, 7) is 5.80. The number of Topliss-reactive ketones (excluding diaryl/α,β-unsaturated/α-hetero) is 1. The molecule has 4 heteroatoms. The first-order valence-electron chi connectivity index (χ1n) is 9.09. The average Bonchev–Trinajstić information content (AvgIpc) is 2.93. The standard InChI is InChI=1S/C22H25NO3/c1-14(2)12-21(15(3)24)23-22(25)26-13-20-18-10-6-4-8-16(18)17-9-5-7-11-19(17)20/h4-11,14,20-21H,12-13H2,1-3H3,(H,23,25). The summed E-state index contributed by atoms with van der Waals surface area (Å²) in [4.78, 5) is 24.0. The number of rotatable bonds is 6. The van der Waals surface area contributed by atoms with E-state index in [0.717, 1.165) is 0 Å². The number of benzene rings is 2. The number of carbonyl (C=O) groups is 2. The number of carbonyl (C=O) groups excluding carboxylic acids is 2. The van der Waals surface area contributed by atoms with E-state index in [0.29, 0.717) is 12.3 Å². The first-order chi connectivity index (χ1) is 12.5. The van der Waals surface area contributed by atoms with Gasteiger partial charge in [0.2, 0.25) is 0 Å². The van der Waals surface area contributed by atoms with Crippen molar-refractivity contribution < 1.29 is 14.3 Å². The van der Waals surface area contributed by atoms with E-state index in [1.165, 1.54) is 29.2 Å². The Balaban J connectivity index is 1.70. The minimum atomic E-state index is -0.535. The Bertz CT molecular complexity index is 767. The van der Waals surface area contributed by atoms with Gasteiger partial charge in [-0.2, -0.15) is 0 Å². The van der Waals surface area contributed by atoms with Gasteiger partial charge in [-0.1, -0.05) is 62.4 Å². The fraction of sp³-hybridized carbons (Fsp3) is 0.364. The molecule has 1 aliphatic carbocycles. The zero-order chi connectivity index (χ0) is 18.7. The molecule has 0 aromatic heterocycles. The molecule has 4 nitrogen and oxygen atoms in total. The summed E-state index contributed by atoms with van der Waals surface area (Å²) in [5.74, 6) is 0.291. The van der Waals surface area contributed by atoms with Crippen molar-refractivity contribution in [3.63, 3.8) is 0 Å². The molecule has 0 spiro atoms. The largest absolute Gasteiger partial charge is 0.449 e. The quantitative estimate of drug-likeness (QED) is 0.832. The molecule has 2 aromatic rings. The monoisotopic (exact) mass is 351 g/mol. The molecule has 1 aliphatic rings. The molecule has 2 aromatic carbocycles. The van der Waals surface area contributed by atoms with Crippen molar-refractivity contribution in [2.75, 3.05) is 6.61 Å². The SMILES string of the molecule is CC(=O)C(CC(C)C)NC(=O)OCC1c2ccccc2-c2ccccc21. The maximum atomic E-state index is 12.2. The van der Waals surface area contributed by atoms with Crippen molar-refractivity contribution in [2.24, 2.45) is 5.92 Å². The number of hydrogen-bond acceptors (Lipinski definition) is 3. The van der Waals surface area contributed by atoms with Crippen molar-refractivity contribution in [3.8, 4) is 11.1 Å². The van der Waals surface area contributed by atoms with Crippen LogP contribution in [0.25, 0.3) is 11.1 Å². The summed E-state index contributed by atoms with van der Waals surface area (Å²) in [5.41, 5.74) is 4.73. The highest BCUT2D eigenvalue weighted by atomic mass is 16.5. The van der Waals surface area contributed by atoms with Crippen molar-refractivity contribution in [1.29, 1.82) is 0 Å². The molecular weight excluding hydrogens is 326 g/mol. The summed E-state index contributed by atoms with van der Waals surface area (Å²) in [5, 5.41) is 2.71. The van der Waals surface area contributed by atoms with Crippen LogP contribution in [0, 0.1) is 5.92 Å². The smallest absolute Gasteiger partial charge is 0.407 e. The maximum absolute atomic E-state index is 12.2. The van der Waals surface area contributed by atoms with Gasteiger partial charge in [0.05, 0.1) is 6.04 Å². The fourth-order valence-corrected chi connectivity index (χ4v) is 3.58. The van der Waals surface area contributed by atoms with Crippen LogP contribution in [-0.4, -0.2) is 24.5 Å². The molecule has 0 saturated carbocycles. The molecule has 0 fully saturated rings. The van der Waals surface area contributed by atoms with Crippen LogP contribution in [0.2, 0.25) is 0 Å². The third-order valence-corrected chi connectivity index (χ3v) is 4.83. The van der Waals surface area contributed by atoms with Crippen LogP contribution >= 0.6 is 0 Å². The van der Waals surface area contributed by atoms with Gasteiger partial charge in [-0.3, -0.25) is 4.79 Å². The molecule has 1 amide bonds. The van der Waals surface area contributed by atoms with E-state index in [9.17, 15) is 9.59 Å². The second-order valence-corrected chi connectivity index (χ2v) is 7.26. The number of alkyl carbamates (subject to hydrolysis) is 1. The minimum absolute atomic E-state index is 0.0222. The first kappa shape index (κ1) is 18.2. The number of nitrogens with one attached hydrogen (secondary N) is 1. The number of hydrogen-bond donors (Lipinski definition) is 1. The Hall–Kier alpha value is -2.62. The fourth-order valence-electron chi connectivity index (χ4n) is 3.58. The predicted octanol–water partition coefficient (Wildman–Crippen LogP) is 4.53. The molecule has 0 aliphatic heterocycles. The molecule has 0 heterocycles. The molecule has 26 heavy (non-hydrogen) atoms. The highest BCUT2D eigenvalue weighted by Crippen LogP contribution is 2.44. The number of fused-ring (bicyclic) bond motifs is 3. The topological polar surface area (TPSA) is 55.4 Å². The molecule has 136 valence electrons. The van der Waals surface area contributed by atoms with Gasteiger partial charge < -0.3 is 10.1 Å². The Morgan fingerprint density at radius 2 is 1.54 bits per heavy atom. The lowest BCUT2D eigenvalue weighted by Crippen LogP contribution is -2.41. The van der Waals surface area contributed by atoms with Gasteiger partial charge >= 0.3 is 6.09 Å². The lowest BCUT2D eigenvalue weighted by atomic mass is 9.98. The van der Waals surface area contributed by atoms with E-state index in [4.69, 9.17) is 4.74 Å². The summed E-state index contributed by atoms with van der Waals surface area (Å²) in [6, 6.07) is 15.9. The zero-order valence-electron chi connectivity index (χ0n) is 15.5. The van der Waals surface area contributed by atoms with Crippen LogP contribution in [0.15, 0.2) is 48.5 Å². The van der Waals surface area contributed by atoms with E-state index < -0.39 is 12.1 Å². The summed E-state index contributed by atoms with van der Waals surface area (Å²) in [7, 11) is 0. The van der Waals surface area contributed by atoms with Gasteiger partial charge in [-0.15, -0.1) is 0 Å². The Morgan fingerprint density at radius 1 is 1.00 bits per heavy atom. The average molecular weight is 351 g/mol. The molecule has 0 bridgehead atoms. The van der Waals surface area contributed by atoms with Gasteiger partial charge in [0.25, 0.3) is 0 Å². The van der Waals surface area contributed by atoms with Gasteiger partial charge in [0.1, 0.15) is 6.61 Å². The summed E-state index contributed by atoms with van der Waals surface area (Å²) >= 11 is 0. The third kappa shape index (κ3) is 3.79. The van der Waals surface area contributed by atoms with Crippen LogP contribution in [-0.2, 0) is 9.53 Å². The second kappa shape index (κ2) is 7.73. The van der Waals surface area contributed by atoms with E-state index >= 15 is 0 Å². The highest BCUT2D eigenvalue weighted by Gasteiger charge is 2.29. The van der Waals surface area contributed by atoms with Crippen molar-refractivity contribution in [2.45, 2.75) is 39.2 Å².